The van der Waals surface area contributed by atoms with E-state index in [-0.39, 0.29) is 12.5 Å². The van der Waals surface area contributed by atoms with Gasteiger partial charge in [0.05, 0.1) is 18.8 Å². The van der Waals surface area contributed by atoms with E-state index in [0.717, 1.165) is 51.4 Å². The molecule has 0 aliphatic carbocycles. The fraction of sp³-hybridized carbons (Fsp3) is 0.768. The van der Waals surface area contributed by atoms with Crippen molar-refractivity contribution in [2.24, 2.45) is 0 Å². The van der Waals surface area contributed by atoms with Crippen molar-refractivity contribution in [1.82, 2.24) is 5.32 Å². The molecule has 0 aromatic heterocycles. The quantitative estimate of drug-likeness (QED) is 0.0422. The topological polar surface area (TPSA) is 69.6 Å². The molecule has 2 atom stereocenters. The van der Waals surface area contributed by atoms with Gasteiger partial charge in [0.25, 0.3) is 0 Å². The Morgan fingerprint density at radius 3 is 1.08 bits per heavy atom. The summed E-state index contributed by atoms with van der Waals surface area (Å²) >= 11 is 0. The molecule has 0 saturated carbocycles. The molecule has 0 saturated heterocycles. The molecular weight excluding hydrogens is 735 g/mol. The Morgan fingerprint density at radius 1 is 0.400 bits per heavy atom. The maximum Gasteiger partial charge on any atom is 0.220 e. The van der Waals surface area contributed by atoms with Crippen molar-refractivity contribution in [2.75, 3.05) is 6.61 Å². The summed E-state index contributed by atoms with van der Waals surface area (Å²) in [6, 6.07) is -0.647. The van der Waals surface area contributed by atoms with Gasteiger partial charge in [-0.05, 0) is 83.5 Å². The second kappa shape index (κ2) is 51.2. The predicted octanol–water partition coefficient (Wildman–Crippen LogP) is 17.0. The SMILES string of the molecule is CCCCCCC/C=C\C/C=C\C/C=C\CCCCCCCCCCCCCCCCCCCCC(=O)NC(CO)C(O)/C=C/CC/C=C/CC/C=C/CCCCCCC. The van der Waals surface area contributed by atoms with E-state index in [1.54, 1.807) is 6.08 Å². The lowest BCUT2D eigenvalue weighted by Crippen LogP contribution is -2.45. The Bertz CT molecular complexity index is 1040. The molecule has 348 valence electrons. The van der Waals surface area contributed by atoms with Gasteiger partial charge in [0, 0.05) is 6.42 Å². The molecular formula is C56H101NO3. The molecule has 4 heteroatoms. The molecule has 0 bridgehead atoms. The van der Waals surface area contributed by atoms with Crippen LogP contribution in [0, 0.1) is 0 Å². The van der Waals surface area contributed by atoms with Crippen molar-refractivity contribution in [3.05, 3.63) is 72.9 Å². The van der Waals surface area contributed by atoms with Gasteiger partial charge in [0.1, 0.15) is 0 Å². The first-order valence-electron chi connectivity index (χ1n) is 26.2. The minimum absolute atomic E-state index is 0.0782. The lowest BCUT2D eigenvalue weighted by molar-refractivity contribution is -0.123. The summed E-state index contributed by atoms with van der Waals surface area (Å²) in [5.74, 6) is -0.0782. The molecule has 0 radical (unpaired) electrons. The highest BCUT2D eigenvalue weighted by atomic mass is 16.3. The number of allylic oxidation sites excluding steroid dienone is 11. The maximum absolute atomic E-state index is 12.4. The van der Waals surface area contributed by atoms with Crippen LogP contribution in [0.2, 0.25) is 0 Å². The largest absolute Gasteiger partial charge is 0.394 e. The Morgan fingerprint density at radius 2 is 0.700 bits per heavy atom. The monoisotopic (exact) mass is 836 g/mol. The first kappa shape index (κ1) is 57.8. The van der Waals surface area contributed by atoms with Gasteiger partial charge in [-0.2, -0.15) is 0 Å². The summed E-state index contributed by atoms with van der Waals surface area (Å²) in [5.41, 5.74) is 0. The van der Waals surface area contributed by atoms with Gasteiger partial charge in [-0.15, -0.1) is 0 Å². The second-order valence-corrected chi connectivity index (χ2v) is 17.6. The summed E-state index contributed by atoms with van der Waals surface area (Å²) in [5, 5.41) is 23.0. The molecule has 2 unspecified atom stereocenters. The van der Waals surface area contributed by atoms with E-state index < -0.39 is 12.1 Å². The predicted molar refractivity (Wildman–Crippen MR) is 267 cm³/mol. The highest BCUT2D eigenvalue weighted by Gasteiger charge is 2.17. The van der Waals surface area contributed by atoms with Crippen molar-refractivity contribution in [2.45, 2.75) is 270 Å². The lowest BCUT2D eigenvalue weighted by Gasteiger charge is -2.19. The molecule has 0 rings (SSSR count). The molecule has 0 heterocycles. The molecule has 1 amide bonds. The van der Waals surface area contributed by atoms with E-state index in [9.17, 15) is 15.0 Å². The smallest absolute Gasteiger partial charge is 0.220 e. The molecule has 0 aromatic rings. The van der Waals surface area contributed by atoms with Crippen LogP contribution >= 0.6 is 0 Å². The van der Waals surface area contributed by atoms with Crippen LogP contribution in [-0.2, 0) is 4.79 Å². The molecule has 4 nitrogen and oxygen atoms in total. The highest BCUT2D eigenvalue weighted by molar-refractivity contribution is 5.76. The van der Waals surface area contributed by atoms with Gasteiger partial charge in [-0.25, -0.2) is 0 Å². The zero-order chi connectivity index (χ0) is 43.5. The Labute approximate surface area is 374 Å². The number of nitrogens with one attached hydrogen (secondary N) is 1. The minimum atomic E-state index is -0.871. The van der Waals surface area contributed by atoms with Gasteiger partial charge in [0.15, 0.2) is 0 Å². The van der Waals surface area contributed by atoms with Gasteiger partial charge in [0.2, 0.25) is 5.91 Å². The maximum atomic E-state index is 12.4. The lowest BCUT2D eigenvalue weighted by atomic mass is 10.0. The third-order valence-electron chi connectivity index (χ3n) is 11.6. The number of amides is 1. The van der Waals surface area contributed by atoms with Gasteiger partial charge in [-0.3, -0.25) is 4.79 Å². The van der Waals surface area contributed by atoms with Crippen LogP contribution < -0.4 is 5.32 Å². The van der Waals surface area contributed by atoms with Crippen LogP contribution in [0.5, 0.6) is 0 Å². The zero-order valence-corrected chi connectivity index (χ0v) is 40.0. The molecule has 0 aliphatic heterocycles. The van der Waals surface area contributed by atoms with Crippen LogP contribution in [-0.4, -0.2) is 34.9 Å². The van der Waals surface area contributed by atoms with Crippen molar-refractivity contribution in [3.8, 4) is 0 Å². The van der Waals surface area contributed by atoms with Gasteiger partial charge >= 0.3 is 0 Å². The summed E-state index contributed by atoms with van der Waals surface area (Å²) < 4.78 is 0. The summed E-state index contributed by atoms with van der Waals surface area (Å²) in [6.45, 7) is 4.27. The Hall–Kier alpha value is -2.17. The standard InChI is InChI=1S/C56H101NO3/c1-3-5-7-9-11-13-15-17-19-20-21-22-23-24-25-26-27-28-29-30-31-32-33-34-35-36-38-40-42-44-46-48-50-52-56(60)57-54(53-58)55(59)51-49-47-45-43-41-39-37-18-16-14-12-10-8-6-4-2/h15-18,20-21,23-24,41,43,49,51,54-55,58-59H,3-14,19,22,25-40,42,44-48,50,52-53H2,1-2H3,(H,57,60)/b17-15-,18-16+,21-20-,24-23-,43-41+,51-49+. The van der Waals surface area contributed by atoms with E-state index in [0.29, 0.717) is 6.42 Å². The highest BCUT2D eigenvalue weighted by Crippen LogP contribution is 2.15. The average molecular weight is 836 g/mol. The number of hydrogen-bond donors (Lipinski definition) is 3. The number of hydrogen-bond acceptors (Lipinski definition) is 3. The Balaban J connectivity index is 3.51. The number of carbonyl (C=O) groups excluding carboxylic acids is 1. The first-order chi connectivity index (χ1) is 29.7. The van der Waals surface area contributed by atoms with Gasteiger partial charge in [-0.1, -0.05) is 241 Å². The van der Waals surface area contributed by atoms with Crippen molar-refractivity contribution in [1.29, 1.82) is 0 Å². The third kappa shape index (κ3) is 46.9. The molecule has 0 aromatic carbocycles. The molecule has 0 spiro atoms. The summed E-state index contributed by atoms with van der Waals surface area (Å²) in [6.07, 6.45) is 73.3. The van der Waals surface area contributed by atoms with Crippen LogP contribution in [0.3, 0.4) is 0 Å². The first-order valence-corrected chi connectivity index (χ1v) is 26.2. The summed E-state index contributed by atoms with van der Waals surface area (Å²) in [4.78, 5) is 12.4. The minimum Gasteiger partial charge on any atom is -0.394 e. The molecule has 0 aliphatic rings. The Kier molecular flexibility index (Phi) is 49.3. The van der Waals surface area contributed by atoms with E-state index in [1.165, 1.54) is 186 Å². The number of unbranched alkanes of at least 4 members (excludes halogenated alkanes) is 30. The zero-order valence-electron chi connectivity index (χ0n) is 40.0. The fourth-order valence-electron chi connectivity index (χ4n) is 7.63. The van der Waals surface area contributed by atoms with Crippen LogP contribution in [0.25, 0.3) is 0 Å². The number of aliphatic hydroxyl groups is 2. The molecule has 3 N–H and O–H groups in total. The van der Waals surface area contributed by atoms with Gasteiger partial charge < -0.3 is 15.5 Å². The van der Waals surface area contributed by atoms with E-state index in [1.807, 2.05) is 6.08 Å². The third-order valence-corrected chi connectivity index (χ3v) is 11.6. The molecule has 0 fully saturated rings. The van der Waals surface area contributed by atoms with E-state index >= 15 is 0 Å². The normalized spacial score (nSPS) is 13.5. The van der Waals surface area contributed by atoms with Crippen molar-refractivity contribution >= 4 is 5.91 Å². The van der Waals surface area contributed by atoms with Crippen molar-refractivity contribution in [3.63, 3.8) is 0 Å². The molecule has 60 heavy (non-hydrogen) atoms. The van der Waals surface area contributed by atoms with Crippen LogP contribution in [0.4, 0.5) is 0 Å². The summed E-state index contributed by atoms with van der Waals surface area (Å²) in [7, 11) is 0. The fourth-order valence-corrected chi connectivity index (χ4v) is 7.63. The second-order valence-electron chi connectivity index (χ2n) is 17.6. The van der Waals surface area contributed by atoms with E-state index in [4.69, 9.17) is 0 Å². The van der Waals surface area contributed by atoms with Crippen molar-refractivity contribution < 1.29 is 15.0 Å². The van der Waals surface area contributed by atoms with E-state index in [2.05, 4.69) is 79.9 Å². The van der Waals surface area contributed by atoms with Crippen LogP contribution in [0.15, 0.2) is 72.9 Å². The number of rotatable bonds is 47. The average Bonchev–Trinajstić information content (AvgIpc) is 3.25. The van der Waals surface area contributed by atoms with Crippen LogP contribution in [0.1, 0.15) is 258 Å². The number of aliphatic hydroxyl groups excluding tert-OH is 2. The number of carbonyl (C=O) groups is 1.